The minimum Gasteiger partial charge on any atom is -0.381 e. The van der Waals surface area contributed by atoms with E-state index in [1.54, 1.807) is 6.07 Å². The Balaban J connectivity index is 1.62. The summed E-state index contributed by atoms with van der Waals surface area (Å²) in [7, 11) is 0. The van der Waals surface area contributed by atoms with E-state index in [0.717, 1.165) is 34.7 Å². The molecule has 2 unspecified atom stereocenters. The van der Waals surface area contributed by atoms with E-state index in [0.29, 0.717) is 12.2 Å². The second-order valence-corrected chi connectivity index (χ2v) is 6.72. The molecule has 1 fully saturated rings. The number of halogens is 1. The molecule has 23 heavy (non-hydrogen) atoms. The molecule has 5 heteroatoms. The highest BCUT2D eigenvalue weighted by molar-refractivity contribution is 9.10. The maximum absolute atomic E-state index is 12.3. The minimum absolute atomic E-state index is 0.0505. The Morgan fingerprint density at radius 2 is 2.09 bits per heavy atom. The molecule has 2 atom stereocenters. The molecular formula is C18H19BrO4. The summed E-state index contributed by atoms with van der Waals surface area (Å²) < 4.78 is 11.7. The Morgan fingerprint density at radius 3 is 2.87 bits per heavy atom. The summed E-state index contributed by atoms with van der Waals surface area (Å²) in [5.74, 6) is -0.184. The number of ketones is 1. The molecule has 0 spiro atoms. The predicted octanol–water partition coefficient (Wildman–Crippen LogP) is 3.55. The van der Waals surface area contributed by atoms with Gasteiger partial charge in [-0.1, -0.05) is 34.1 Å². The van der Waals surface area contributed by atoms with Gasteiger partial charge in [0.15, 0.2) is 12.1 Å². The van der Waals surface area contributed by atoms with Crippen LogP contribution in [0.4, 0.5) is 0 Å². The van der Waals surface area contributed by atoms with Crippen molar-refractivity contribution in [2.24, 2.45) is 5.92 Å². The van der Waals surface area contributed by atoms with Crippen LogP contribution < -0.4 is 0 Å². The molecule has 0 aliphatic carbocycles. The van der Waals surface area contributed by atoms with Crippen LogP contribution in [0.5, 0.6) is 0 Å². The molecule has 0 radical (unpaired) electrons. The predicted molar refractivity (Wildman–Crippen MR) is 91.5 cm³/mol. The van der Waals surface area contributed by atoms with Crippen molar-refractivity contribution in [2.75, 3.05) is 19.8 Å². The molecule has 1 heterocycles. The molecule has 3 rings (SSSR count). The van der Waals surface area contributed by atoms with Crippen molar-refractivity contribution in [2.45, 2.75) is 19.1 Å². The molecule has 2 aromatic carbocycles. The summed E-state index contributed by atoms with van der Waals surface area (Å²) >= 11 is 3.43. The zero-order chi connectivity index (χ0) is 16.2. The van der Waals surface area contributed by atoms with Crippen LogP contribution in [0.25, 0.3) is 10.8 Å². The van der Waals surface area contributed by atoms with Crippen molar-refractivity contribution in [1.82, 2.24) is 0 Å². The molecule has 0 saturated carbocycles. The van der Waals surface area contributed by atoms with E-state index in [-0.39, 0.29) is 18.3 Å². The summed E-state index contributed by atoms with van der Waals surface area (Å²) in [6.45, 7) is 1.09. The number of hydrogen-bond acceptors (Lipinski definition) is 4. The molecular weight excluding hydrogens is 360 g/mol. The largest absolute Gasteiger partial charge is 0.381 e. The number of rotatable bonds is 5. The molecule has 4 nitrogen and oxygen atoms in total. The van der Waals surface area contributed by atoms with Crippen molar-refractivity contribution < 1.29 is 19.4 Å². The number of fused-ring (bicyclic) bond motifs is 1. The average Bonchev–Trinajstić information content (AvgIpc) is 2.59. The van der Waals surface area contributed by atoms with Crippen LogP contribution in [0.15, 0.2) is 40.9 Å². The third-order valence-electron chi connectivity index (χ3n) is 4.11. The van der Waals surface area contributed by atoms with Gasteiger partial charge in [0.05, 0.1) is 6.61 Å². The van der Waals surface area contributed by atoms with Gasteiger partial charge < -0.3 is 14.6 Å². The summed E-state index contributed by atoms with van der Waals surface area (Å²) in [4.78, 5) is 12.3. The van der Waals surface area contributed by atoms with Gasteiger partial charge in [0.1, 0.15) is 6.61 Å². The van der Waals surface area contributed by atoms with Gasteiger partial charge in [0.2, 0.25) is 0 Å². The van der Waals surface area contributed by atoms with E-state index in [1.165, 1.54) is 0 Å². The molecule has 1 aliphatic rings. The van der Waals surface area contributed by atoms with E-state index in [1.807, 2.05) is 30.3 Å². The highest BCUT2D eigenvalue weighted by atomic mass is 79.9. The Bertz CT molecular complexity index is 694. The first-order valence-electron chi connectivity index (χ1n) is 7.73. The summed E-state index contributed by atoms with van der Waals surface area (Å²) in [5.41, 5.74) is 0.590. The summed E-state index contributed by atoms with van der Waals surface area (Å²) in [5, 5.41) is 12.1. The fourth-order valence-electron chi connectivity index (χ4n) is 2.76. The molecule has 122 valence electrons. The first-order chi connectivity index (χ1) is 11.1. The Kier molecular flexibility index (Phi) is 5.43. The minimum atomic E-state index is -0.948. The smallest absolute Gasteiger partial charge is 0.188 e. The topological polar surface area (TPSA) is 55.8 Å². The average molecular weight is 379 g/mol. The highest BCUT2D eigenvalue weighted by Gasteiger charge is 2.23. The normalized spacial score (nSPS) is 19.7. The van der Waals surface area contributed by atoms with Crippen LogP contribution in [-0.2, 0) is 9.47 Å². The Hall–Kier alpha value is -1.27. The van der Waals surface area contributed by atoms with Gasteiger partial charge in [-0.2, -0.15) is 0 Å². The zero-order valence-corrected chi connectivity index (χ0v) is 14.3. The lowest BCUT2D eigenvalue weighted by Crippen LogP contribution is -2.32. The van der Waals surface area contributed by atoms with Gasteiger partial charge in [-0.15, -0.1) is 0 Å². The number of aliphatic hydroxyl groups is 1. The van der Waals surface area contributed by atoms with Gasteiger partial charge in [-0.05, 0) is 41.8 Å². The van der Waals surface area contributed by atoms with Gasteiger partial charge >= 0.3 is 0 Å². The Morgan fingerprint density at radius 1 is 1.30 bits per heavy atom. The van der Waals surface area contributed by atoms with Crippen LogP contribution >= 0.6 is 15.9 Å². The van der Waals surface area contributed by atoms with Gasteiger partial charge in [0, 0.05) is 22.6 Å². The summed E-state index contributed by atoms with van der Waals surface area (Å²) in [6, 6.07) is 11.5. The molecule has 0 bridgehead atoms. The number of hydrogen-bond donors (Lipinski definition) is 1. The van der Waals surface area contributed by atoms with Crippen LogP contribution in [0, 0.1) is 5.92 Å². The quantitative estimate of drug-likeness (QED) is 0.638. The molecule has 1 saturated heterocycles. The van der Waals surface area contributed by atoms with E-state index in [9.17, 15) is 9.90 Å². The Labute approximate surface area is 143 Å². The third kappa shape index (κ3) is 4.18. The monoisotopic (exact) mass is 378 g/mol. The number of carbonyl (C=O) groups is 1. The van der Waals surface area contributed by atoms with E-state index < -0.39 is 6.29 Å². The van der Waals surface area contributed by atoms with Crippen LogP contribution in [0.1, 0.15) is 23.2 Å². The molecule has 0 amide bonds. The van der Waals surface area contributed by atoms with E-state index >= 15 is 0 Å². The summed E-state index contributed by atoms with van der Waals surface area (Å²) in [6.07, 6.45) is 0.829. The van der Waals surface area contributed by atoms with Crippen LogP contribution in [0.2, 0.25) is 0 Å². The number of ether oxygens (including phenoxy) is 2. The highest BCUT2D eigenvalue weighted by Crippen LogP contribution is 2.22. The first kappa shape index (κ1) is 16.6. The van der Waals surface area contributed by atoms with Crippen molar-refractivity contribution in [3.8, 4) is 0 Å². The molecule has 1 N–H and O–H groups in total. The molecule has 1 aliphatic heterocycles. The van der Waals surface area contributed by atoms with Gasteiger partial charge in [-0.25, -0.2) is 0 Å². The second kappa shape index (κ2) is 7.53. The number of benzene rings is 2. The van der Waals surface area contributed by atoms with E-state index in [4.69, 9.17) is 9.47 Å². The zero-order valence-electron chi connectivity index (χ0n) is 12.7. The lowest BCUT2D eigenvalue weighted by Gasteiger charge is -2.26. The number of Topliss-reactive ketones (excluding diaryl/α,β-unsaturated/α-hetero) is 1. The SMILES string of the molecule is O=C(COC(O)C1CCCOC1)c1ccc2cc(Br)ccc2c1. The van der Waals surface area contributed by atoms with Gasteiger partial charge in [0.25, 0.3) is 0 Å². The first-order valence-corrected chi connectivity index (χ1v) is 8.53. The fourth-order valence-corrected chi connectivity index (χ4v) is 3.14. The standard InChI is InChI=1S/C18H19BrO4/c19-16-6-5-12-8-14(4-3-13(12)9-16)17(20)11-23-18(21)15-2-1-7-22-10-15/h3-6,8-9,15,18,21H,1-2,7,10-11H2. The maximum Gasteiger partial charge on any atom is 0.188 e. The van der Waals surface area contributed by atoms with Crippen molar-refractivity contribution in [3.05, 3.63) is 46.4 Å². The lowest BCUT2D eigenvalue weighted by atomic mass is 10.0. The molecule has 2 aromatic rings. The van der Waals surface area contributed by atoms with Crippen LogP contribution in [0.3, 0.4) is 0 Å². The second-order valence-electron chi connectivity index (χ2n) is 5.81. The number of carbonyl (C=O) groups excluding carboxylic acids is 1. The number of aliphatic hydroxyl groups excluding tert-OH is 1. The van der Waals surface area contributed by atoms with Crippen molar-refractivity contribution in [1.29, 1.82) is 0 Å². The third-order valence-corrected chi connectivity index (χ3v) is 4.60. The van der Waals surface area contributed by atoms with Crippen molar-refractivity contribution in [3.63, 3.8) is 0 Å². The fraction of sp³-hybridized carbons (Fsp3) is 0.389. The molecule has 0 aromatic heterocycles. The van der Waals surface area contributed by atoms with Crippen molar-refractivity contribution >= 4 is 32.5 Å². The van der Waals surface area contributed by atoms with E-state index in [2.05, 4.69) is 15.9 Å². The van der Waals surface area contributed by atoms with Crippen LogP contribution in [-0.4, -0.2) is 37.0 Å². The lowest BCUT2D eigenvalue weighted by molar-refractivity contribution is -0.152. The maximum atomic E-state index is 12.3. The van der Waals surface area contributed by atoms with Gasteiger partial charge in [-0.3, -0.25) is 4.79 Å².